The molecule has 52 valence electrons. The minimum atomic E-state index is 0.864. The fraction of sp³-hybridized carbons (Fsp3) is 0.167. The van der Waals surface area contributed by atoms with Gasteiger partial charge >= 0.3 is 0 Å². The smallest absolute Gasteiger partial charge is 0.148 e. The second kappa shape index (κ2) is 1.85. The molecule has 10 heavy (non-hydrogen) atoms. The van der Waals surface area contributed by atoms with E-state index in [-0.39, 0.29) is 0 Å². The predicted molar refractivity (Wildman–Crippen MR) is 38.4 cm³/mol. The SMILES string of the molecule is NN1N=CN2CC=CC=C21. The number of allylic oxidation sites excluding steroid dienone is 2. The van der Waals surface area contributed by atoms with Crippen LogP contribution in [0, 0.1) is 0 Å². The Balaban J connectivity index is 2.32. The van der Waals surface area contributed by atoms with E-state index in [1.54, 1.807) is 6.34 Å². The summed E-state index contributed by atoms with van der Waals surface area (Å²) in [5, 5.41) is 5.25. The van der Waals surface area contributed by atoms with Gasteiger partial charge in [-0.2, -0.15) is 5.12 Å². The predicted octanol–water partition coefficient (Wildman–Crippen LogP) is -0.168. The second-order valence-electron chi connectivity index (χ2n) is 2.18. The highest BCUT2D eigenvalue weighted by Gasteiger charge is 2.17. The van der Waals surface area contributed by atoms with Crippen molar-refractivity contribution in [3.8, 4) is 0 Å². The molecule has 0 fully saturated rings. The minimum absolute atomic E-state index is 0.864. The molecule has 0 amide bonds. The third kappa shape index (κ3) is 0.625. The topological polar surface area (TPSA) is 44.9 Å². The lowest BCUT2D eigenvalue weighted by Gasteiger charge is -2.19. The lowest BCUT2D eigenvalue weighted by atomic mass is 10.3. The molecule has 0 aromatic rings. The van der Waals surface area contributed by atoms with Crippen LogP contribution < -0.4 is 5.84 Å². The molecule has 2 aliphatic heterocycles. The van der Waals surface area contributed by atoms with E-state index in [0.717, 1.165) is 12.4 Å². The van der Waals surface area contributed by atoms with Crippen LogP contribution in [0.3, 0.4) is 0 Å². The first kappa shape index (κ1) is 5.49. The van der Waals surface area contributed by atoms with E-state index in [1.807, 2.05) is 17.1 Å². The molecule has 0 radical (unpaired) electrons. The molecule has 0 aliphatic carbocycles. The molecule has 0 atom stereocenters. The second-order valence-corrected chi connectivity index (χ2v) is 2.18. The van der Waals surface area contributed by atoms with Crippen LogP contribution >= 0.6 is 0 Å². The molecule has 0 unspecified atom stereocenters. The summed E-state index contributed by atoms with van der Waals surface area (Å²) in [5.74, 6) is 6.41. The van der Waals surface area contributed by atoms with Crippen LogP contribution in [0.1, 0.15) is 0 Å². The summed E-state index contributed by atoms with van der Waals surface area (Å²) in [6.07, 6.45) is 7.67. The average molecular weight is 136 g/mol. The van der Waals surface area contributed by atoms with Crippen molar-refractivity contribution in [1.82, 2.24) is 10.0 Å². The van der Waals surface area contributed by atoms with E-state index in [2.05, 4.69) is 11.2 Å². The van der Waals surface area contributed by atoms with Gasteiger partial charge in [0.05, 0.1) is 0 Å². The van der Waals surface area contributed by atoms with E-state index in [1.165, 1.54) is 5.12 Å². The molecule has 0 bridgehead atoms. The Labute approximate surface area is 58.9 Å². The number of rotatable bonds is 0. The Kier molecular flexibility index (Phi) is 1.01. The van der Waals surface area contributed by atoms with Crippen LogP contribution in [-0.2, 0) is 0 Å². The average Bonchev–Trinajstić information content (AvgIpc) is 2.34. The maximum atomic E-state index is 5.48. The lowest BCUT2D eigenvalue weighted by molar-refractivity contribution is 0.337. The van der Waals surface area contributed by atoms with Crippen LogP contribution in [0.25, 0.3) is 0 Å². The Bertz CT molecular complexity index is 228. The molecule has 0 aromatic carbocycles. The zero-order chi connectivity index (χ0) is 6.97. The number of nitrogens with two attached hydrogens (primary N) is 1. The van der Waals surface area contributed by atoms with Crippen molar-refractivity contribution in [2.75, 3.05) is 6.54 Å². The van der Waals surface area contributed by atoms with Gasteiger partial charge in [0.1, 0.15) is 12.2 Å². The zero-order valence-corrected chi connectivity index (χ0v) is 5.44. The normalized spacial score (nSPS) is 21.5. The highest BCUT2D eigenvalue weighted by Crippen LogP contribution is 2.14. The third-order valence-electron chi connectivity index (χ3n) is 1.53. The molecule has 2 N–H and O–H groups in total. The molecule has 0 spiro atoms. The van der Waals surface area contributed by atoms with Gasteiger partial charge in [-0.25, -0.2) is 5.84 Å². The summed E-state index contributed by atoms with van der Waals surface area (Å²) in [4.78, 5) is 1.97. The molecule has 4 heteroatoms. The van der Waals surface area contributed by atoms with Crippen molar-refractivity contribution in [1.29, 1.82) is 0 Å². The molecule has 4 nitrogen and oxygen atoms in total. The molecular formula is C6H8N4. The fourth-order valence-corrected chi connectivity index (χ4v) is 1.01. The molecule has 0 saturated carbocycles. The summed E-state index contributed by atoms with van der Waals surface area (Å²) in [6.45, 7) is 0.864. The molecule has 2 rings (SSSR count). The lowest BCUT2D eigenvalue weighted by Crippen LogP contribution is -2.29. The Hall–Kier alpha value is -1.29. The summed E-state index contributed by atoms with van der Waals surface area (Å²) in [5.41, 5.74) is 0. The van der Waals surface area contributed by atoms with Crippen molar-refractivity contribution in [2.24, 2.45) is 10.9 Å². The van der Waals surface area contributed by atoms with E-state index in [4.69, 9.17) is 5.84 Å². The van der Waals surface area contributed by atoms with Gasteiger partial charge in [-0.15, -0.1) is 5.10 Å². The van der Waals surface area contributed by atoms with Crippen molar-refractivity contribution in [3.05, 3.63) is 24.0 Å². The van der Waals surface area contributed by atoms with Crippen LogP contribution in [-0.4, -0.2) is 22.9 Å². The van der Waals surface area contributed by atoms with Gasteiger partial charge in [-0.1, -0.05) is 12.2 Å². The van der Waals surface area contributed by atoms with Gasteiger partial charge in [0.25, 0.3) is 0 Å². The van der Waals surface area contributed by atoms with Crippen LogP contribution in [0.4, 0.5) is 0 Å². The molecular weight excluding hydrogens is 128 g/mol. The summed E-state index contributed by atoms with van der Waals surface area (Å²) >= 11 is 0. The number of hydrogen-bond acceptors (Lipinski definition) is 4. The summed E-state index contributed by atoms with van der Waals surface area (Å²) in [6, 6.07) is 0. The molecule has 0 saturated heterocycles. The van der Waals surface area contributed by atoms with E-state index >= 15 is 0 Å². The van der Waals surface area contributed by atoms with Gasteiger partial charge in [-0.05, 0) is 6.08 Å². The Morgan fingerprint density at radius 1 is 1.60 bits per heavy atom. The number of hydrazone groups is 1. The largest absolute Gasteiger partial charge is 0.311 e. The fourth-order valence-electron chi connectivity index (χ4n) is 1.01. The molecule has 0 aromatic heterocycles. The first-order valence-electron chi connectivity index (χ1n) is 3.10. The number of hydrogen-bond donors (Lipinski definition) is 1. The first-order chi connectivity index (χ1) is 4.88. The van der Waals surface area contributed by atoms with E-state index < -0.39 is 0 Å². The number of hydrazine groups is 1. The highest BCUT2D eigenvalue weighted by atomic mass is 15.7. The zero-order valence-electron chi connectivity index (χ0n) is 5.44. The highest BCUT2D eigenvalue weighted by molar-refractivity contribution is 5.61. The Morgan fingerprint density at radius 3 is 3.30 bits per heavy atom. The van der Waals surface area contributed by atoms with E-state index in [9.17, 15) is 0 Å². The van der Waals surface area contributed by atoms with Gasteiger partial charge in [-0.3, -0.25) is 0 Å². The van der Waals surface area contributed by atoms with Gasteiger partial charge in [0, 0.05) is 6.54 Å². The number of nitrogens with zero attached hydrogens (tertiary/aromatic N) is 3. The number of fused-ring (bicyclic) bond motifs is 1. The third-order valence-corrected chi connectivity index (χ3v) is 1.53. The maximum absolute atomic E-state index is 5.48. The summed E-state index contributed by atoms with van der Waals surface area (Å²) < 4.78 is 0. The first-order valence-corrected chi connectivity index (χ1v) is 3.10. The Morgan fingerprint density at radius 2 is 2.50 bits per heavy atom. The van der Waals surface area contributed by atoms with Gasteiger partial charge < -0.3 is 4.90 Å². The van der Waals surface area contributed by atoms with Crippen molar-refractivity contribution >= 4 is 6.34 Å². The van der Waals surface area contributed by atoms with Crippen molar-refractivity contribution in [3.63, 3.8) is 0 Å². The van der Waals surface area contributed by atoms with Crippen LogP contribution in [0.5, 0.6) is 0 Å². The molecule has 2 aliphatic rings. The molecule has 2 heterocycles. The maximum Gasteiger partial charge on any atom is 0.148 e. The quantitative estimate of drug-likeness (QED) is 0.470. The van der Waals surface area contributed by atoms with E-state index in [0.29, 0.717) is 0 Å². The van der Waals surface area contributed by atoms with Crippen LogP contribution in [0.2, 0.25) is 0 Å². The van der Waals surface area contributed by atoms with Gasteiger partial charge in [0.2, 0.25) is 0 Å². The monoisotopic (exact) mass is 136 g/mol. The van der Waals surface area contributed by atoms with Crippen LogP contribution in [0.15, 0.2) is 29.2 Å². The van der Waals surface area contributed by atoms with Crippen molar-refractivity contribution in [2.45, 2.75) is 0 Å². The standard InChI is InChI=1S/C6H8N4/c7-10-6-3-1-2-4-9(6)5-8-10/h1-3,5H,4,7H2. The summed E-state index contributed by atoms with van der Waals surface area (Å²) in [7, 11) is 0. The minimum Gasteiger partial charge on any atom is -0.311 e. The van der Waals surface area contributed by atoms with Gasteiger partial charge in [0.15, 0.2) is 0 Å². The van der Waals surface area contributed by atoms with Crippen molar-refractivity contribution < 1.29 is 0 Å².